The Morgan fingerprint density at radius 3 is 3.00 bits per heavy atom. The molecule has 0 aliphatic carbocycles. The highest BCUT2D eigenvalue weighted by Gasteiger charge is 2.10. The van der Waals surface area contributed by atoms with Crippen molar-refractivity contribution in [1.82, 2.24) is 25.0 Å². The van der Waals surface area contributed by atoms with Gasteiger partial charge in [0.1, 0.15) is 0 Å². The van der Waals surface area contributed by atoms with Gasteiger partial charge in [-0.2, -0.15) is 10.2 Å². The molecule has 3 rings (SSSR count). The Bertz CT molecular complexity index is 650. The lowest BCUT2D eigenvalue weighted by Gasteiger charge is -1.97. The average Bonchev–Trinajstić information content (AvgIpc) is 2.86. The first-order valence-electron chi connectivity index (χ1n) is 4.83. The lowest BCUT2D eigenvalue weighted by atomic mass is 10.1. The lowest BCUT2D eigenvalue weighted by molar-refractivity contribution is 0.771. The fourth-order valence-electron chi connectivity index (χ4n) is 1.70. The lowest BCUT2D eigenvalue weighted by Crippen LogP contribution is -1.89. The van der Waals surface area contributed by atoms with Crippen LogP contribution in [0.15, 0.2) is 24.7 Å². The molecule has 3 heterocycles. The zero-order valence-corrected chi connectivity index (χ0v) is 8.68. The Morgan fingerprint density at radius 2 is 2.25 bits per heavy atom. The molecule has 80 valence electrons. The quantitative estimate of drug-likeness (QED) is 0.631. The number of nitrogens with zero attached hydrogens (tertiary/aromatic N) is 4. The average molecular weight is 214 g/mol. The van der Waals surface area contributed by atoms with E-state index in [9.17, 15) is 0 Å². The fraction of sp³-hybridized carbons (Fsp3) is 0.100. The maximum Gasteiger partial charge on any atom is 0.154 e. The second-order valence-electron chi connectivity index (χ2n) is 3.59. The molecule has 0 radical (unpaired) electrons. The van der Waals surface area contributed by atoms with Crippen molar-refractivity contribution in [1.29, 1.82) is 0 Å². The largest absolute Gasteiger partial charge is 0.382 e. The monoisotopic (exact) mass is 214 g/mol. The molecule has 3 aromatic rings. The summed E-state index contributed by atoms with van der Waals surface area (Å²) in [5, 5.41) is 12.0. The number of hydrogen-bond acceptors (Lipinski definition) is 4. The van der Waals surface area contributed by atoms with Crippen LogP contribution in [-0.4, -0.2) is 25.0 Å². The summed E-state index contributed by atoms with van der Waals surface area (Å²) >= 11 is 0. The Kier molecular flexibility index (Phi) is 1.70. The predicted octanol–water partition coefficient (Wildman–Crippen LogP) is 0.941. The summed E-state index contributed by atoms with van der Waals surface area (Å²) in [7, 11) is 1.87. The number of aromatic nitrogens is 5. The van der Waals surface area contributed by atoms with Gasteiger partial charge in [-0.25, -0.2) is 0 Å². The molecule has 0 atom stereocenters. The van der Waals surface area contributed by atoms with Crippen LogP contribution in [0, 0.1) is 0 Å². The van der Waals surface area contributed by atoms with Crippen LogP contribution in [0.1, 0.15) is 0 Å². The van der Waals surface area contributed by atoms with Gasteiger partial charge in [0.2, 0.25) is 0 Å². The van der Waals surface area contributed by atoms with E-state index in [1.165, 1.54) is 0 Å². The maximum absolute atomic E-state index is 5.72. The third kappa shape index (κ3) is 1.16. The predicted molar refractivity (Wildman–Crippen MR) is 60.5 cm³/mol. The standard InChI is InChI=1S/C10H10N6/c1-16-3-2-8(15-16)6-4-12-5-7-9(6)13-14-10(7)11/h2-5H,1H3,(H3,11,13,14). The van der Waals surface area contributed by atoms with E-state index in [0.717, 1.165) is 22.2 Å². The summed E-state index contributed by atoms with van der Waals surface area (Å²) in [6.45, 7) is 0. The first-order valence-corrected chi connectivity index (χ1v) is 4.83. The van der Waals surface area contributed by atoms with E-state index in [2.05, 4.69) is 20.3 Å². The minimum atomic E-state index is 0.459. The molecule has 6 heteroatoms. The van der Waals surface area contributed by atoms with Crippen LogP contribution in [0.3, 0.4) is 0 Å². The molecular formula is C10H10N6. The zero-order valence-electron chi connectivity index (χ0n) is 8.68. The van der Waals surface area contributed by atoms with Gasteiger partial charge in [0.15, 0.2) is 5.82 Å². The number of anilines is 1. The number of nitrogens with one attached hydrogen (secondary N) is 1. The second-order valence-corrected chi connectivity index (χ2v) is 3.59. The van der Waals surface area contributed by atoms with Crippen LogP contribution in [0.2, 0.25) is 0 Å². The first kappa shape index (κ1) is 8.90. The zero-order chi connectivity index (χ0) is 11.1. The summed E-state index contributed by atoms with van der Waals surface area (Å²) in [6, 6.07) is 1.92. The van der Waals surface area contributed by atoms with Crippen molar-refractivity contribution >= 4 is 16.7 Å². The molecule has 16 heavy (non-hydrogen) atoms. The number of aryl methyl sites for hydroxylation is 1. The Balaban J connectivity index is 2.31. The van der Waals surface area contributed by atoms with Gasteiger partial charge < -0.3 is 5.73 Å². The minimum absolute atomic E-state index is 0.459. The second kappa shape index (κ2) is 3.06. The van der Waals surface area contributed by atoms with Crippen molar-refractivity contribution in [2.24, 2.45) is 7.05 Å². The molecule has 0 saturated carbocycles. The van der Waals surface area contributed by atoms with E-state index in [1.54, 1.807) is 17.1 Å². The normalized spacial score (nSPS) is 11.1. The number of nitrogens with two attached hydrogens (primary N) is 1. The molecule has 3 aromatic heterocycles. The molecule has 0 amide bonds. The molecule has 3 N–H and O–H groups in total. The van der Waals surface area contributed by atoms with Gasteiger partial charge in [-0.3, -0.25) is 14.8 Å². The molecule has 0 aliphatic rings. The number of aromatic amines is 1. The number of H-pyrrole nitrogens is 1. The number of fused-ring (bicyclic) bond motifs is 1. The van der Waals surface area contributed by atoms with Crippen molar-refractivity contribution in [2.45, 2.75) is 0 Å². The molecule has 0 saturated heterocycles. The van der Waals surface area contributed by atoms with E-state index in [-0.39, 0.29) is 0 Å². The van der Waals surface area contributed by atoms with E-state index in [1.807, 2.05) is 19.3 Å². The van der Waals surface area contributed by atoms with E-state index < -0.39 is 0 Å². The molecule has 0 unspecified atom stereocenters. The Hall–Kier alpha value is -2.37. The highest BCUT2D eigenvalue weighted by Crippen LogP contribution is 2.26. The van der Waals surface area contributed by atoms with E-state index in [0.29, 0.717) is 5.82 Å². The minimum Gasteiger partial charge on any atom is -0.382 e. The smallest absolute Gasteiger partial charge is 0.154 e. The third-order valence-corrected chi connectivity index (χ3v) is 2.50. The van der Waals surface area contributed by atoms with Crippen molar-refractivity contribution in [3.63, 3.8) is 0 Å². The molecule has 0 aromatic carbocycles. The van der Waals surface area contributed by atoms with E-state index >= 15 is 0 Å². The van der Waals surface area contributed by atoms with Gasteiger partial charge in [0, 0.05) is 31.2 Å². The number of rotatable bonds is 1. The van der Waals surface area contributed by atoms with Crippen molar-refractivity contribution in [3.05, 3.63) is 24.7 Å². The van der Waals surface area contributed by atoms with Crippen molar-refractivity contribution < 1.29 is 0 Å². The van der Waals surface area contributed by atoms with Crippen LogP contribution in [0.4, 0.5) is 5.82 Å². The SMILES string of the molecule is Cn1ccc(-c2cncc3c(N)n[nH]c23)n1. The first-order chi connectivity index (χ1) is 7.75. The highest BCUT2D eigenvalue weighted by atomic mass is 15.2. The van der Waals surface area contributed by atoms with Crippen LogP contribution >= 0.6 is 0 Å². The van der Waals surface area contributed by atoms with Gasteiger partial charge in [-0.1, -0.05) is 0 Å². The topological polar surface area (TPSA) is 85.4 Å². The van der Waals surface area contributed by atoms with Gasteiger partial charge >= 0.3 is 0 Å². The summed E-state index contributed by atoms with van der Waals surface area (Å²) in [5.41, 5.74) is 8.34. The Morgan fingerprint density at radius 1 is 1.38 bits per heavy atom. The van der Waals surface area contributed by atoms with Crippen molar-refractivity contribution in [2.75, 3.05) is 5.73 Å². The van der Waals surface area contributed by atoms with Gasteiger partial charge in [-0.15, -0.1) is 0 Å². The number of hydrogen-bond donors (Lipinski definition) is 2. The highest BCUT2D eigenvalue weighted by molar-refractivity contribution is 5.97. The molecule has 6 nitrogen and oxygen atoms in total. The van der Waals surface area contributed by atoms with Crippen LogP contribution < -0.4 is 5.73 Å². The summed E-state index contributed by atoms with van der Waals surface area (Å²) < 4.78 is 1.74. The fourth-order valence-corrected chi connectivity index (χ4v) is 1.70. The van der Waals surface area contributed by atoms with Crippen LogP contribution in [0.5, 0.6) is 0 Å². The van der Waals surface area contributed by atoms with Gasteiger partial charge in [0.25, 0.3) is 0 Å². The van der Waals surface area contributed by atoms with Crippen molar-refractivity contribution in [3.8, 4) is 11.3 Å². The van der Waals surface area contributed by atoms with Crippen LogP contribution in [-0.2, 0) is 7.05 Å². The maximum atomic E-state index is 5.72. The summed E-state index contributed by atoms with van der Waals surface area (Å²) in [5.74, 6) is 0.459. The van der Waals surface area contributed by atoms with Gasteiger partial charge in [0.05, 0.1) is 16.6 Å². The molecule has 0 spiro atoms. The molecule has 0 fully saturated rings. The summed E-state index contributed by atoms with van der Waals surface area (Å²) in [4.78, 5) is 4.14. The third-order valence-electron chi connectivity index (χ3n) is 2.50. The number of pyridine rings is 1. The molecule has 0 bridgehead atoms. The van der Waals surface area contributed by atoms with E-state index in [4.69, 9.17) is 5.73 Å². The van der Waals surface area contributed by atoms with Crippen LogP contribution in [0.25, 0.3) is 22.2 Å². The van der Waals surface area contributed by atoms with Gasteiger partial charge in [-0.05, 0) is 6.07 Å². The molecular weight excluding hydrogens is 204 g/mol. The molecule has 0 aliphatic heterocycles. The number of nitrogen functional groups attached to an aromatic ring is 1. The summed E-state index contributed by atoms with van der Waals surface area (Å²) in [6.07, 6.45) is 5.33. The Labute approximate surface area is 91.1 Å².